The third kappa shape index (κ3) is 4.02. The molecular formula is C24H36O5. The van der Waals surface area contributed by atoms with Gasteiger partial charge in [0.2, 0.25) is 0 Å². The Kier molecular flexibility index (Phi) is 5.99. The van der Waals surface area contributed by atoms with Crippen LogP contribution in [0.15, 0.2) is 12.7 Å². The number of carbonyl (C=O) groups excluding carboxylic acids is 3. The molecule has 3 aliphatic rings. The lowest BCUT2D eigenvalue weighted by Crippen LogP contribution is -2.61. The number of esters is 2. The van der Waals surface area contributed by atoms with E-state index < -0.39 is 0 Å². The third-order valence-electron chi connectivity index (χ3n) is 8.32. The standard InChI is InChI=1S/C24H36O5/c1-6-22(4)11-8-19-18(13-22)20(27)12-21-23(5,14-28-16(2)25)9-7-10-24(19,21)15-29-17(3)26/h6,18-19,21H,1,7-15H2,2-5H3/t18-,19-,21+,22+,23+,24+/m0/s1. The number of hydrogen-bond acceptors (Lipinski definition) is 5. The Morgan fingerprint density at radius 2 is 1.76 bits per heavy atom. The molecule has 5 heteroatoms. The zero-order chi connectivity index (χ0) is 21.4. The maximum Gasteiger partial charge on any atom is 0.302 e. The van der Waals surface area contributed by atoms with Crippen molar-refractivity contribution >= 4 is 17.7 Å². The quantitative estimate of drug-likeness (QED) is 0.499. The third-order valence-corrected chi connectivity index (χ3v) is 8.32. The highest BCUT2D eigenvalue weighted by Gasteiger charge is 2.62. The molecule has 0 aromatic heterocycles. The predicted octanol–water partition coefficient (Wildman–Crippen LogP) is 4.49. The van der Waals surface area contributed by atoms with Gasteiger partial charge in [0.15, 0.2) is 0 Å². The molecule has 3 rings (SSSR count). The average molecular weight is 405 g/mol. The van der Waals surface area contributed by atoms with E-state index in [1.54, 1.807) is 0 Å². The molecule has 0 aromatic carbocycles. The van der Waals surface area contributed by atoms with Gasteiger partial charge in [0.25, 0.3) is 0 Å². The fourth-order valence-corrected chi connectivity index (χ4v) is 6.71. The highest BCUT2D eigenvalue weighted by atomic mass is 16.5. The number of Topliss-reactive ketones (excluding diaryl/α,β-unsaturated/α-hetero) is 1. The number of carbonyl (C=O) groups is 3. The van der Waals surface area contributed by atoms with Crippen LogP contribution in [0.5, 0.6) is 0 Å². The molecule has 0 N–H and O–H groups in total. The lowest BCUT2D eigenvalue weighted by Gasteiger charge is -2.62. The molecule has 3 aliphatic carbocycles. The fraction of sp³-hybridized carbons (Fsp3) is 0.792. The summed E-state index contributed by atoms with van der Waals surface area (Å²) in [6.45, 7) is 11.9. The van der Waals surface area contributed by atoms with E-state index in [0.29, 0.717) is 25.4 Å². The minimum absolute atomic E-state index is 0.00497. The Bertz CT molecular complexity index is 699. The van der Waals surface area contributed by atoms with Crippen molar-refractivity contribution in [3.05, 3.63) is 12.7 Å². The Morgan fingerprint density at radius 1 is 1.10 bits per heavy atom. The Hall–Kier alpha value is -1.65. The summed E-state index contributed by atoms with van der Waals surface area (Å²) in [6.07, 6.45) is 8.13. The number of ketones is 1. The lowest BCUT2D eigenvalue weighted by atomic mass is 9.42. The molecule has 5 nitrogen and oxygen atoms in total. The monoisotopic (exact) mass is 404 g/mol. The Labute approximate surface area is 174 Å². The average Bonchev–Trinajstić information content (AvgIpc) is 2.66. The van der Waals surface area contributed by atoms with Crippen LogP contribution in [0.4, 0.5) is 0 Å². The highest BCUT2D eigenvalue weighted by molar-refractivity contribution is 5.83. The van der Waals surface area contributed by atoms with Gasteiger partial charge in [0.05, 0.1) is 13.2 Å². The molecule has 0 amide bonds. The van der Waals surface area contributed by atoms with Gasteiger partial charge in [-0.15, -0.1) is 6.58 Å². The molecule has 3 saturated carbocycles. The van der Waals surface area contributed by atoms with Crippen LogP contribution in [-0.4, -0.2) is 30.9 Å². The van der Waals surface area contributed by atoms with E-state index in [1.807, 2.05) is 6.08 Å². The van der Waals surface area contributed by atoms with Gasteiger partial charge in [0, 0.05) is 37.0 Å². The van der Waals surface area contributed by atoms with Gasteiger partial charge >= 0.3 is 11.9 Å². The van der Waals surface area contributed by atoms with Crippen molar-refractivity contribution in [2.45, 2.75) is 72.6 Å². The maximum atomic E-state index is 13.3. The van der Waals surface area contributed by atoms with Crippen molar-refractivity contribution < 1.29 is 23.9 Å². The first-order valence-corrected chi connectivity index (χ1v) is 11.0. The van der Waals surface area contributed by atoms with Crippen LogP contribution in [0.1, 0.15) is 72.6 Å². The van der Waals surface area contributed by atoms with Crippen LogP contribution in [0.2, 0.25) is 0 Å². The van der Waals surface area contributed by atoms with Gasteiger partial charge in [-0.05, 0) is 49.4 Å². The normalized spacial score (nSPS) is 41.7. The van der Waals surface area contributed by atoms with Gasteiger partial charge < -0.3 is 9.47 Å². The molecule has 0 unspecified atom stereocenters. The van der Waals surface area contributed by atoms with Crippen molar-refractivity contribution in [2.75, 3.05) is 13.2 Å². The SMILES string of the molecule is C=C[C@]1(C)CC[C@H]2[C@H](C1)C(=O)C[C@@H]1[C@@](C)(COC(C)=O)CCC[C@]12COC(C)=O. The number of rotatable bonds is 5. The number of fused-ring (bicyclic) bond motifs is 3. The second-order valence-corrected chi connectivity index (χ2v) is 10.3. The number of hydrogen-bond donors (Lipinski definition) is 0. The topological polar surface area (TPSA) is 69.7 Å². The van der Waals surface area contributed by atoms with E-state index in [4.69, 9.17) is 9.47 Å². The van der Waals surface area contributed by atoms with Gasteiger partial charge in [-0.2, -0.15) is 0 Å². The molecule has 3 fully saturated rings. The largest absolute Gasteiger partial charge is 0.465 e. The Morgan fingerprint density at radius 3 is 2.38 bits per heavy atom. The van der Waals surface area contributed by atoms with E-state index in [9.17, 15) is 14.4 Å². The van der Waals surface area contributed by atoms with E-state index in [1.165, 1.54) is 13.8 Å². The zero-order valence-electron chi connectivity index (χ0n) is 18.4. The molecule has 0 radical (unpaired) electrons. The second kappa shape index (κ2) is 7.88. The van der Waals surface area contributed by atoms with Crippen LogP contribution in [-0.2, 0) is 23.9 Å². The molecular weight excluding hydrogens is 368 g/mol. The van der Waals surface area contributed by atoms with Crippen molar-refractivity contribution in [1.82, 2.24) is 0 Å². The van der Waals surface area contributed by atoms with Crippen LogP contribution >= 0.6 is 0 Å². The van der Waals surface area contributed by atoms with Crippen molar-refractivity contribution in [1.29, 1.82) is 0 Å². The van der Waals surface area contributed by atoms with Gasteiger partial charge in [-0.25, -0.2) is 0 Å². The van der Waals surface area contributed by atoms with Crippen LogP contribution in [0.25, 0.3) is 0 Å². The van der Waals surface area contributed by atoms with Crippen LogP contribution in [0.3, 0.4) is 0 Å². The summed E-state index contributed by atoms with van der Waals surface area (Å²) >= 11 is 0. The first-order chi connectivity index (χ1) is 13.6. The first-order valence-electron chi connectivity index (χ1n) is 11.0. The summed E-state index contributed by atoms with van der Waals surface area (Å²) in [7, 11) is 0. The molecule has 0 saturated heterocycles. The molecule has 0 bridgehead atoms. The van der Waals surface area contributed by atoms with E-state index in [-0.39, 0.29) is 45.9 Å². The van der Waals surface area contributed by atoms with Crippen LogP contribution < -0.4 is 0 Å². The molecule has 0 spiro atoms. The number of allylic oxidation sites excluding steroid dienone is 1. The van der Waals surface area contributed by atoms with Gasteiger partial charge in [-0.3, -0.25) is 14.4 Å². The van der Waals surface area contributed by atoms with Crippen molar-refractivity contribution in [3.63, 3.8) is 0 Å². The first kappa shape index (κ1) is 22.0. The number of ether oxygens (including phenoxy) is 2. The zero-order valence-corrected chi connectivity index (χ0v) is 18.4. The minimum Gasteiger partial charge on any atom is -0.465 e. The lowest BCUT2D eigenvalue weighted by molar-refractivity contribution is -0.189. The molecule has 0 aromatic rings. The maximum absolute atomic E-state index is 13.3. The fourth-order valence-electron chi connectivity index (χ4n) is 6.71. The summed E-state index contributed by atoms with van der Waals surface area (Å²) in [5.41, 5.74) is -0.508. The Balaban J connectivity index is 1.99. The van der Waals surface area contributed by atoms with Crippen LogP contribution in [0, 0.1) is 34.0 Å². The van der Waals surface area contributed by atoms with Gasteiger partial charge in [-0.1, -0.05) is 26.3 Å². The molecule has 0 aliphatic heterocycles. The summed E-state index contributed by atoms with van der Waals surface area (Å²) in [5, 5.41) is 0. The summed E-state index contributed by atoms with van der Waals surface area (Å²) in [4.78, 5) is 36.6. The van der Waals surface area contributed by atoms with E-state index >= 15 is 0 Å². The van der Waals surface area contributed by atoms with Gasteiger partial charge in [0.1, 0.15) is 5.78 Å². The smallest absolute Gasteiger partial charge is 0.302 e. The van der Waals surface area contributed by atoms with Crippen molar-refractivity contribution in [3.8, 4) is 0 Å². The highest BCUT2D eigenvalue weighted by Crippen LogP contribution is 2.64. The summed E-state index contributed by atoms with van der Waals surface area (Å²) in [5.74, 6) is 0.0200. The van der Waals surface area contributed by atoms with E-state index in [2.05, 4.69) is 20.4 Å². The second-order valence-electron chi connectivity index (χ2n) is 10.3. The molecule has 0 heterocycles. The molecule has 162 valence electrons. The van der Waals surface area contributed by atoms with E-state index in [0.717, 1.165) is 38.5 Å². The summed E-state index contributed by atoms with van der Waals surface area (Å²) < 4.78 is 11.1. The molecule has 6 atom stereocenters. The minimum atomic E-state index is -0.290. The van der Waals surface area contributed by atoms with Crippen molar-refractivity contribution in [2.24, 2.45) is 34.0 Å². The summed E-state index contributed by atoms with van der Waals surface area (Å²) in [6, 6.07) is 0. The molecule has 29 heavy (non-hydrogen) atoms. The predicted molar refractivity (Wildman–Crippen MR) is 110 cm³/mol.